The predicted molar refractivity (Wildman–Crippen MR) is 56.3 cm³/mol. The minimum Gasteiger partial charge on any atom is -0.466 e. The third kappa shape index (κ3) is 6.10. The van der Waals surface area contributed by atoms with Gasteiger partial charge in [-0.2, -0.15) is 0 Å². The van der Waals surface area contributed by atoms with Gasteiger partial charge in [-0.3, -0.25) is 9.59 Å². The summed E-state index contributed by atoms with van der Waals surface area (Å²) in [7, 11) is 0. The number of hydrogen-bond donors (Lipinski definition) is 0. The minimum atomic E-state index is -0.383. The number of rotatable bonds is 6. The average molecular weight is 216 g/mol. The Balaban J connectivity index is 4.12. The summed E-state index contributed by atoms with van der Waals surface area (Å²) in [5, 5.41) is 0. The summed E-state index contributed by atoms with van der Waals surface area (Å²) in [6, 6.07) is 0. The van der Waals surface area contributed by atoms with Crippen molar-refractivity contribution in [2.24, 2.45) is 5.92 Å². The lowest BCUT2D eigenvalue weighted by Gasteiger charge is -2.15. The monoisotopic (exact) mass is 216 g/mol. The van der Waals surface area contributed by atoms with Crippen LogP contribution in [0, 0.1) is 5.92 Å². The molecule has 0 bridgehead atoms. The third-order valence-electron chi connectivity index (χ3n) is 1.90. The van der Waals surface area contributed by atoms with Crippen LogP contribution in [-0.4, -0.2) is 24.6 Å². The minimum absolute atomic E-state index is 0.107. The summed E-state index contributed by atoms with van der Waals surface area (Å²) in [5.74, 6) is -1.04. The van der Waals surface area contributed by atoms with E-state index in [1.54, 1.807) is 20.8 Å². The van der Waals surface area contributed by atoms with Gasteiger partial charge in [-0.1, -0.05) is 6.92 Å². The lowest BCUT2D eigenvalue weighted by Crippen LogP contribution is -2.24. The van der Waals surface area contributed by atoms with E-state index in [0.717, 1.165) is 0 Å². The zero-order chi connectivity index (χ0) is 11.8. The van der Waals surface area contributed by atoms with Gasteiger partial charge in [0.15, 0.2) is 0 Å². The van der Waals surface area contributed by atoms with E-state index in [4.69, 9.17) is 9.47 Å². The molecule has 0 aromatic heterocycles. The quantitative estimate of drug-likeness (QED) is 0.636. The largest absolute Gasteiger partial charge is 0.466 e. The molecule has 0 radical (unpaired) electrons. The van der Waals surface area contributed by atoms with E-state index >= 15 is 0 Å². The normalized spacial score (nSPS) is 12.3. The molecule has 88 valence electrons. The first-order chi connectivity index (χ1) is 7.01. The molecule has 0 saturated heterocycles. The van der Waals surface area contributed by atoms with Crippen molar-refractivity contribution in [1.29, 1.82) is 0 Å². The third-order valence-corrected chi connectivity index (χ3v) is 1.90. The maximum atomic E-state index is 11.5. The molecule has 4 heteroatoms. The number of carbonyl (C=O) groups is 2. The molecule has 0 aliphatic rings. The van der Waals surface area contributed by atoms with Crippen molar-refractivity contribution >= 4 is 11.9 Å². The van der Waals surface area contributed by atoms with Gasteiger partial charge >= 0.3 is 11.9 Å². The Hall–Kier alpha value is -1.06. The second-order valence-electron chi connectivity index (χ2n) is 3.60. The molecular weight excluding hydrogens is 196 g/mol. The van der Waals surface area contributed by atoms with Gasteiger partial charge in [0.25, 0.3) is 0 Å². The Bertz CT molecular complexity index is 211. The molecule has 0 amide bonds. The average Bonchev–Trinajstić information content (AvgIpc) is 2.13. The van der Waals surface area contributed by atoms with Gasteiger partial charge in [0.2, 0.25) is 0 Å². The first-order valence-electron chi connectivity index (χ1n) is 5.37. The van der Waals surface area contributed by atoms with E-state index in [0.29, 0.717) is 13.0 Å². The summed E-state index contributed by atoms with van der Waals surface area (Å²) < 4.78 is 9.82. The van der Waals surface area contributed by atoms with Crippen LogP contribution < -0.4 is 0 Å². The Labute approximate surface area is 90.9 Å². The van der Waals surface area contributed by atoms with Crippen LogP contribution in [0.3, 0.4) is 0 Å². The standard InChI is InChI=1S/C11H20O4/c1-5-9(7-10(12)14-6-2)11(13)15-8(3)4/h8-9H,5-7H2,1-4H3. The van der Waals surface area contributed by atoms with Gasteiger partial charge in [0, 0.05) is 0 Å². The molecule has 0 heterocycles. The Kier molecular flexibility index (Phi) is 6.75. The van der Waals surface area contributed by atoms with Crippen LogP contribution in [0.25, 0.3) is 0 Å². The second-order valence-corrected chi connectivity index (χ2v) is 3.60. The number of carbonyl (C=O) groups excluding carboxylic acids is 2. The van der Waals surface area contributed by atoms with Gasteiger partial charge in [-0.25, -0.2) is 0 Å². The molecular formula is C11H20O4. The molecule has 0 rings (SSSR count). The van der Waals surface area contributed by atoms with E-state index in [1.165, 1.54) is 0 Å². The molecule has 0 aliphatic carbocycles. The van der Waals surface area contributed by atoms with Crippen molar-refractivity contribution in [3.05, 3.63) is 0 Å². The van der Waals surface area contributed by atoms with Crippen LogP contribution >= 0.6 is 0 Å². The molecule has 4 nitrogen and oxygen atoms in total. The zero-order valence-electron chi connectivity index (χ0n) is 9.91. The fraction of sp³-hybridized carbons (Fsp3) is 0.818. The van der Waals surface area contributed by atoms with Crippen LogP contribution in [0.5, 0.6) is 0 Å². The fourth-order valence-corrected chi connectivity index (χ4v) is 1.14. The van der Waals surface area contributed by atoms with Crippen molar-refractivity contribution in [3.63, 3.8) is 0 Å². The Morgan fingerprint density at radius 3 is 2.20 bits per heavy atom. The summed E-state index contributed by atoms with van der Waals surface area (Å²) in [5.41, 5.74) is 0. The molecule has 0 N–H and O–H groups in total. The van der Waals surface area contributed by atoms with E-state index in [9.17, 15) is 9.59 Å². The summed E-state index contributed by atoms with van der Waals surface area (Å²) in [6.45, 7) is 7.51. The molecule has 0 fully saturated rings. The Morgan fingerprint density at radius 2 is 1.80 bits per heavy atom. The first-order valence-corrected chi connectivity index (χ1v) is 5.37. The van der Waals surface area contributed by atoms with Gasteiger partial charge in [0.05, 0.1) is 25.0 Å². The molecule has 15 heavy (non-hydrogen) atoms. The molecule has 1 unspecified atom stereocenters. The highest BCUT2D eigenvalue weighted by atomic mass is 16.5. The SMILES string of the molecule is CCOC(=O)CC(CC)C(=O)OC(C)C. The molecule has 0 spiro atoms. The van der Waals surface area contributed by atoms with Crippen LogP contribution in [-0.2, 0) is 19.1 Å². The molecule has 0 aromatic rings. The van der Waals surface area contributed by atoms with Gasteiger partial charge < -0.3 is 9.47 Å². The maximum absolute atomic E-state index is 11.5. The van der Waals surface area contributed by atoms with E-state index in [2.05, 4.69) is 0 Å². The predicted octanol–water partition coefficient (Wildman–Crippen LogP) is 1.92. The van der Waals surface area contributed by atoms with Crippen LogP contribution in [0.2, 0.25) is 0 Å². The van der Waals surface area contributed by atoms with E-state index in [1.807, 2.05) is 6.92 Å². The van der Waals surface area contributed by atoms with E-state index < -0.39 is 0 Å². The Morgan fingerprint density at radius 1 is 1.20 bits per heavy atom. The number of ether oxygens (including phenoxy) is 2. The summed E-state index contributed by atoms with van der Waals surface area (Å²) in [6.07, 6.45) is 0.550. The highest BCUT2D eigenvalue weighted by Gasteiger charge is 2.22. The highest BCUT2D eigenvalue weighted by molar-refractivity contribution is 5.79. The lowest BCUT2D eigenvalue weighted by molar-refractivity contribution is -0.157. The fourth-order valence-electron chi connectivity index (χ4n) is 1.14. The molecule has 1 atom stereocenters. The topological polar surface area (TPSA) is 52.6 Å². The number of esters is 2. The molecule has 0 aliphatic heterocycles. The maximum Gasteiger partial charge on any atom is 0.309 e. The van der Waals surface area contributed by atoms with Gasteiger partial charge in [0.1, 0.15) is 0 Å². The van der Waals surface area contributed by atoms with Crippen molar-refractivity contribution in [3.8, 4) is 0 Å². The smallest absolute Gasteiger partial charge is 0.309 e. The first kappa shape index (κ1) is 13.9. The zero-order valence-corrected chi connectivity index (χ0v) is 9.91. The van der Waals surface area contributed by atoms with Crippen LogP contribution in [0.1, 0.15) is 40.5 Å². The van der Waals surface area contributed by atoms with Gasteiger partial charge in [-0.15, -0.1) is 0 Å². The van der Waals surface area contributed by atoms with Crippen molar-refractivity contribution in [2.75, 3.05) is 6.61 Å². The summed E-state index contributed by atoms with van der Waals surface area (Å²) in [4.78, 5) is 22.7. The van der Waals surface area contributed by atoms with Crippen molar-refractivity contribution < 1.29 is 19.1 Å². The van der Waals surface area contributed by atoms with Crippen LogP contribution in [0.4, 0.5) is 0 Å². The van der Waals surface area contributed by atoms with Crippen LogP contribution in [0.15, 0.2) is 0 Å². The van der Waals surface area contributed by atoms with E-state index in [-0.39, 0.29) is 30.4 Å². The number of hydrogen-bond acceptors (Lipinski definition) is 4. The van der Waals surface area contributed by atoms with Crippen molar-refractivity contribution in [2.45, 2.75) is 46.6 Å². The molecule has 0 aromatic carbocycles. The summed E-state index contributed by atoms with van der Waals surface area (Å²) >= 11 is 0. The van der Waals surface area contributed by atoms with Gasteiger partial charge in [-0.05, 0) is 27.2 Å². The lowest BCUT2D eigenvalue weighted by atomic mass is 10.0. The van der Waals surface area contributed by atoms with Crippen molar-refractivity contribution in [1.82, 2.24) is 0 Å². The molecule has 0 saturated carbocycles. The highest BCUT2D eigenvalue weighted by Crippen LogP contribution is 2.12. The second kappa shape index (κ2) is 7.26.